The molecule has 0 atom stereocenters. The number of rotatable bonds is 11. The Labute approximate surface area is 394 Å². The van der Waals surface area contributed by atoms with Crippen molar-refractivity contribution in [2.75, 3.05) is 4.90 Å². The molecule has 1 nitrogen and oxygen atoms in total. The van der Waals surface area contributed by atoms with Gasteiger partial charge in [0.1, 0.15) is 0 Å². The number of anilines is 3. The van der Waals surface area contributed by atoms with Gasteiger partial charge in [-0.15, -0.1) is 0 Å². The van der Waals surface area contributed by atoms with E-state index in [9.17, 15) is 0 Å². The van der Waals surface area contributed by atoms with Crippen molar-refractivity contribution in [3.8, 4) is 89.0 Å². The smallest absolute Gasteiger partial charge is 0.0473 e. The van der Waals surface area contributed by atoms with E-state index in [1.165, 1.54) is 66.8 Å². The third-order valence-corrected chi connectivity index (χ3v) is 12.7. The summed E-state index contributed by atoms with van der Waals surface area (Å²) >= 11 is 0. The van der Waals surface area contributed by atoms with Crippen LogP contribution in [0.4, 0.5) is 17.1 Å². The molecule has 0 bridgehead atoms. The molecule has 0 aliphatic rings. The van der Waals surface area contributed by atoms with E-state index in [0.29, 0.717) is 0 Å². The average Bonchev–Trinajstić information content (AvgIpc) is 3.42. The molecule has 0 amide bonds. The van der Waals surface area contributed by atoms with Gasteiger partial charge >= 0.3 is 0 Å². The molecule has 1 heteroatoms. The highest BCUT2D eigenvalue weighted by Crippen LogP contribution is 2.43. The zero-order valence-electron chi connectivity index (χ0n) is 37.1. The standard InChI is InChI=1S/C66H47N/c1-7-19-48(20-8-1)56-35-41-63(65(46-56)52-27-15-5-16-28-52)54-31-37-60(38-32-54)67(62-44-58(50-23-11-3-12-24-50)43-59(45-62)51-25-13-4-14-26-51)61-39-33-55(34-40-61)64-42-36-57(49-21-9-2-10-22-49)47-66(64)53-29-17-6-18-30-53/h1-47H. The highest BCUT2D eigenvalue weighted by molar-refractivity contribution is 5.91. The van der Waals surface area contributed by atoms with Crippen molar-refractivity contribution >= 4 is 17.1 Å². The second-order valence-electron chi connectivity index (χ2n) is 16.9. The molecule has 0 N–H and O–H groups in total. The maximum atomic E-state index is 2.40. The minimum absolute atomic E-state index is 1.07. The van der Waals surface area contributed by atoms with Crippen LogP contribution in [-0.4, -0.2) is 0 Å². The van der Waals surface area contributed by atoms with Crippen LogP contribution in [0, 0.1) is 0 Å². The summed E-state index contributed by atoms with van der Waals surface area (Å²) in [6, 6.07) is 103. The second-order valence-corrected chi connectivity index (χ2v) is 16.9. The lowest BCUT2D eigenvalue weighted by Crippen LogP contribution is -2.10. The van der Waals surface area contributed by atoms with E-state index in [4.69, 9.17) is 0 Å². The summed E-state index contributed by atoms with van der Waals surface area (Å²) in [5, 5.41) is 0. The zero-order chi connectivity index (χ0) is 44.8. The summed E-state index contributed by atoms with van der Waals surface area (Å²) in [6.45, 7) is 0. The Morgan fingerprint density at radius 3 is 0.746 bits per heavy atom. The lowest BCUT2D eigenvalue weighted by atomic mass is 9.90. The van der Waals surface area contributed by atoms with E-state index >= 15 is 0 Å². The molecule has 316 valence electrons. The van der Waals surface area contributed by atoms with E-state index in [-0.39, 0.29) is 0 Å². The van der Waals surface area contributed by atoms with Crippen molar-refractivity contribution in [3.63, 3.8) is 0 Å². The van der Waals surface area contributed by atoms with Crippen molar-refractivity contribution in [2.45, 2.75) is 0 Å². The predicted molar refractivity (Wildman–Crippen MR) is 285 cm³/mol. The van der Waals surface area contributed by atoms with Crippen LogP contribution < -0.4 is 4.90 Å². The Morgan fingerprint density at radius 2 is 0.418 bits per heavy atom. The largest absolute Gasteiger partial charge is 0.310 e. The third kappa shape index (κ3) is 8.75. The van der Waals surface area contributed by atoms with E-state index in [2.05, 4.69) is 290 Å². The Kier molecular flexibility index (Phi) is 11.5. The van der Waals surface area contributed by atoms with Crippen molar-refractivity contribution in [1.29, 1.82) is 0 Å². The lowest BCUT2D eigenvalue weighted by Gasteiger charge is -2.27. The number of hydrogen-bond donors (Lipinski definition) is 0. The van der Waals surface area contributed by atoms with Crippen molar-refractivity contribution in [2.24, 2.45) is 0 Å². The molecule has 11 rings (SSSR count). The minimum Gasteiger partial charge on any atom is -0.310 e. The quantitative estimate of drug-likeness (QED) is 0.125. The van der Waals surface area contributed by atoms with Crippen LogP contribution in [0.25, 0.3) is 89.0 Å². The Bertz CT molecular complexity index is 3160. The second kappa shape index (κ2) is 18.7. The first kappa shape index (κ1) is 41.0. The van der Waals surface area contributed by atoms with E-state index < -0.39 is 0 Å². The molecular formula is C66H47N. The molecule has 0 aromatic heterocycles. The van der Waals surface area contributed by atoms with Crippen LogP contribution in [-0.2, 0) is 0 Å². The fourth-order valence-corrected chi connectivity index (χ4v) is 9.29. The van der Waals surface area contributed by atoms with Gasteiger partial charge in [-0.25, -0.2) is 0 Å². The van der Waals surface area contributed by atoms with Crippen LogP contribution in [0.5, 0.6) is 0 Å². The topological polar surface area (TPSA) is 3.24 Å². The summed E-state index contributed by atoms with van der Waals surface area (Å²) in [5.41, 5.74) is 22.2. The van der Waals surface area contributed by atoms with Gasteiger partial charge in [0.15, 0.2) is 0 Å². The summed E-state index contributed by atoms with van der Waals surface area (Å²) < 4.78 is 0. The van der Waals surface area contributed by atoms with Gasteiger partial charge in [-0.3, -0.25) is 0 Å². The normalized spacial score (nSPS) is 11.0. The fraction of sp³-hybridized carbons (Fsp3) is 0. The first-order valence-electron chi connectivity index (χ1n) is 23.0. The van der Waals surface area contributed by atoms with E-state index in [0.717, 1.165) is 39.3 Å². The molecule has 0 saturated heterocycles. The van der Waals surface area contributed by atoms with Gasteiger partial charge in [0, 0.05) is 17.1 Å². The molecule has 0 radical (unpaired) electrons. The molecule has 0 aliphatic heterocycles. The molecular weight excluding hydrogens is 807 g/mol. The molecule has 0 fully saturated rings. The van der Waals surface area contributed by atoms with Crippen molar-refractivity contribution in [1.82, 2.24) is 0 Å². The van der Waals surface area contributed by atoms with Gasteiger partial charge in [-0.05, 0) is 144 Å². The van der Waals surface area contributed by atoms with Crippen LogP contribution in [0.2, 0.25) is 0 Å². The molecule has 11 aromatic rings. The summed E-state index contributed by atoms with van der Waals surface area (Å²) in [5.74, 6) is 0. The van der Waals surface area contributed by atoms with Crippen LogP contribution >= 0.6 is 0 Å². The monoisotopic (exact) mass is 853 g/mol. The average molecular weight is 854 g/mol. The predicted octanol–water partition coefficient (Wildman–Crippen LogP) is 18.5. The number of nitrogens with zero attached hydrogens (tertiary/aromatic N) is 1. The van der Waals surface area contributed by atoms with Crippen LogP contribution in [0.15, 0.2) is 285 Å². The van der Waals surface area contributed by atoms with E-state index in [1.54, 1.807) is 0 Å². The Balaban J connectivity index is 1.05. The maximum absolute atomic E-state index is 2.40. The highest BCUT2D eigenvalue weighted by Gasteiger charge is 2.19. The summed E-state index contributed by atoms with van der Waals surface area (Å²) in [6.07, 6.45) is 0. The van der Waals surface area contributed by atoms with Crippen molar-refractivity contribution in [3.05, 3.63) is 285 Å². The SMILES string of the molecule is c1ccc(-c2cc(-c3ccccc3)cc(N(c3ccc(-c4ccc(-c5ccccc5)cc4-c4ccccc4)cc3)c3ccc(-c4ccc(-c5ccccc5)cc4-c4ccccc4)cc3)c2)cc1. The molecule has 11 aromatic carbocycles. The van der Waals surface area contributed by atoms with Crippen molar-refractivity contribution < 1.29 is 0 Å². The Morgan fingerprint density at radius 1 is 0.149 bits per heavy atom. The summed E-state index contributed by atoms with van der Waals surface area (Å²) in [7, 11) is 0. The maximum Gasteiger partial charge on any atom is 0.0473 e. The highest BCUT2D eigenvalue weighted by atomic mass is 15.1. The molecule has 0 heterocycles. The van der Waals surface area contributed by atoms with Gasteiger partial charge < -0.3 is 4.90 Å². The first-order chi connectivity index (χ1) is 33.2. The first-order valence-corrected chi connectivity index (χ1v) is 23.0. The summed E-state index contributed by atoms with van der Waals surface area (Å²) in [4.78, 5) is 2.40. The van der Waals surface area contributed by atoms with Gasteiger partial charge in [0.2, 0.25) is 0 Å². The third-order valence-electron chi connectivity index (χ3n) is 12.7. The van der Waals surface area contributed by atoms with Crippen LogP contribution in [0.1, 0.15) is 0 Å². The number of hydrogen-bond acceptors (Lipinski definition) is 1. The molecule has 0 spiro atoms. The molecule has 0 saturated carbocycles. The molecule has 0 unspecified atom stereocenters. The fourth-order valence-electron chi connectivity index (χ4n) is 9.29. The van der Waals surface area contributed by atoms with E-state index in [1.807, 2.05) is 0 Å². The molecule has 67 heavy (non-hydrogen) atoms. The van der Waals surface area contributed by atoms with Gasteiger partial charge in [0.25, 0.3) is 0 Å². The molecule has 0 aliphatic carbocycles. The van der Waals surface area contributed by atoms with Gasteiger partial charge in [-0.2, -0.15) is 0 Å². The minimum atomic E-state index is 1.07. The van der Waals surface area contributed by atoms with Gasteiger partial charge in [-0.1, -0.05) is 231 Å². The zero-order valence-corrected chi connectivity index (χ0v) is 37.1. The van der Waals surface area contributed by atoms with Crippen LogP contribution in [0.3, 0.4) is 0 Å². The van der Waals surface area contributed by atoms with Gasteiger partial charge in [0.05, 0.1) is 0 Å². The number of benzene rings is 11. The lowest BCUT2D eigenvalue weighted by molar-refractivity contribution is 1.28. The Hall–Kier alpha value is -8.78.